The summed E-state index contributed by atoms with van der Waals surface area (Å²) in [5.74, 6) is -0.274. The molecule has 0 radical (unpaired) electrons. The zero-order valence-electron chi connectivity index (χ0n) is 8.58. The number of hydrogen-bond acceptors (Lipinski definition) is 6. The molecule has 2 aromatic rings. The Kier molecular flexibility index (Phi) is 2.86. The highest BCUT2D eigenvalue weighted by atomic mass is 32.1. The highest BCUT2D eigenvalue weighted by Gasteiger charge is 2.18. The number of esters is 1. The van der Waals surface area contributed by atoms with Gasteiger partial charge in [-0.2, -0.15) is 0 Å². The smallest absolute Gasteiger partial charge is 0.360 e. The Hall–Kier alpha value is -1.89. The Morgan fingerprint density at radius 1 is 1.62 bits per heavy atom. The van der Waals surface area contributed by atoms with Crippen molar-refractivity contribution in [2.24, 2.45) is 0 Å². The van der Waals surface area contributed by atoms with Gasteiger partial charge in [0.25, 0.3) is 0 Å². The van der Waals surface area contributed by atoms with E-state index in [4.69, 9.17) is 10.5 Å². The van der Waals surface area contributed by atoms with Crippen LogP contribution >= 0.6 is 11.3 Å². The number of rotatable bonds is 3. The van der Waals surface area contributed by atoms with Crippen molar-refractivity contribution in [3.8, 4) is 5.13 Å². The maximum Gasteiger partial charge on any atom is 0.360 e. The van der Waals surface area contributed by atoms with Crippen LogP contribution in [0.2, 0.25) is 0 Å². The zero-order chi connectivity index (χ0) is 11.5. The lowest BCUT2D eigenvalue weighted by Gasteiger charge is -2.01. The molecule has 0 spiro atoms. The van der Waals surface area contributed by atoms with Crippen LogP contribution in [0.3, 0.4) is 0 Å². The first kappa shape index (κ1) is 10.6. The molecule has 6 nitrogen and oxygen atoms in total. The number of anilines is 1. The molecule has 16 heavy (non-hydrogen) atoms. The number of nitrogens with two attached hydrogens (primary N) is 1. The van der Waals surface area contributed by atoms with Crippen molar-refractivity contribution in [2.45, 2.75) is 6.92 Å². The van der Waals surface area contributed by atoms with E-state index in [1.807, 2.05) is 5.38 Å². The summed E-state index contributed by atoms with van der Waals surface area (Å²) in [5, 5.41) is 2.49. The molecule has 2 aromatic heterocycles. The molecule has 2 rings (SSSR count). The van der Waals surface area contributed by atoms with Gasteiger partial charge in [-0.05, 0) is 6.92 Å². The predicted molar refractivity (Wildman–Crippen MR) is 59.6 cm³/mol. The molecule has 84 valence electrons. The number of carbonyl (C=O) groups excluding carboxylic acids is 1. The standard InChI is InChI=1S/C9H10N4O2S/c1-2-15-8(14)6-7(10)13(5-12-6)9-11-3-4-16-9/h3-5H,2,10H2,1H3. The number of nitrogens with zero attached hydrogens (tertiary/aromatic N) is 3. The summed E-state index contributed by atoms with van der Waals surface area (Å²) in [4.78, 5) is 19.4. The second kappa shape index (κ2) is 4.31. The van der Waals surface area contributed by atoms with Crippen LogP contribution in [0.5, 0.6) is 0 Å². The van der Waals surface area contributed by atoms with Gasteiger partial charge in [-0.3, -0.25) is 4.57 Å². The van der Waals surface area contributed by atoms with Gasteiger partial charge in [-0.1, -0.05) is 0 Å². The van der Waals surface area contributed by atoms with Crippen LogP contribution in [0.4, 0.5) is 5.82 Å². The van der Waals surface area contributed by atoms with Gasteiger partial charge in [0, 0.05) is 11.6 Å². The van der Waals surface area contributed by atoms with Crippen LogP contribution in [0.15, 0.2) is 17.9 Å². The van der Waals surface area contributed by atoms with E-state index < -0.39 is 5.97 Å². The molecule has 0 aromatic carbocycles. The minimum Gasteiger partial charge on any atom is -0.461 e. The average molecular weight is 238 g/mol. The van der Waals surface area contributed by atoms with Crippen LogP contribution in [0, 0.1) is 0 Å². The Morgan fingerprint density at radius 2 is 2.44 bits per heavy atom. The second-order valence-electron chi connectivity index (χ2n) is 2.88. The lowest BCUT2D eigenvalue weighted by atomic mass is 10.4. The summed E-state index contributed by atoms with van der Waals surface area (Å²) in [5.41, 5.74) is 5.91. The largest absolute Gasteiger partial charge is 0.461 e. The molecule has 0 bridgehead atoms. The molecule has 0 saturated carbocycles. The fraction of sp³-hybridized carbons (Fsp3) is 0.222. The molecule has 7 heteroatoms. The summed E-state index contributed by atoms with van der Waals surface area (Å²) < 4.78 is 6.38. The van der Waals surface area contributed by atoms with Gasteiger partial charge in [0.2, 0.25) is 0 Å². The molecule has 0 aliphatic carbocycles. The van der Waals surface area contributed by atoms with E-state index in [9.17, 15) is 4.79 Å². The molecule has 0 amide bonds. The van der Waals surface area contributed by atoms with Gasteiger partial charge in [-0.15, -0.1) is 11.3 Å². The van der Waals surface area contributed by atoms with E-state index in [2.05, 4.69) is 9.97 Å². The average Bonchev–Trinajstić information content (AvgIpc) is 2.86. The molecular weight excluding hydrogens is 228 g/mol. The molecule has 0 unspecified atom stereocenters. The SMILES string of the molecule is CCOC(=O)c1ncn(-c2nccs2)c1N. The summed E-state index contributed by atoms with van der Waals surface area (Å²) in [6, 6.07) is 0. The molecule has 0 saturated heterocycles. The number of nitrogen functional groups attached to an aromatic ring is 1. The Morgan fingerprint density at radius 3 is 3.06 bits per heavy atom. The summed E-state index contributed by atoms with van der Waals surface area (Å²) in [7, 11) is 0. The summed E-state index contributed by atoms with van der Waals surface area (Å²) in [6.45, 7) is 2.02. The molecule has 2 heterocycles. The first-order valence-electron chi connectivity index (χ1n) is 4.63. The lowest BCUT2D eigenvalue weighted by Crippen LogP contribution is -2.09. The third-order valence-corrected chi connectivity index (χ3v) is 2.67. The minimum absolute atomic E-state index is 0.122. The maximum absolute atomic E-state index is 11.5. The Bertz CT molecular complexity index is 492. The van der Waals surface area contributed by atoms with Crippen LogP contribution in [0.25, 0.3) is 5.13 Å². The van der Waals surface area contributed by atoms with Crippen molar-refractivity contribution < 1.29 is 9.53 Å². The summed E-state index contributed by atoms with van der Waals surface area (Å²) >= 11 is 1.41. The van der Waals surface area contributed by atoms with Crippen molar-refractivity contribution in [2.75, 3.05) is 12.3 Å². The topological polar surface area (TPSA) is 83.0 Å². The molecule has 0 aliphatic heterocycles. The van der Waals surface area contributed by atoms with Gasteiger partial charge >= 0.3 is 5.97 Å². The van der Waals surface area contributed by atoms with Crippen molar-refractivity contribution in [1.29, 1.82) is 0 Å². The van der Waals surface area contributed by atoms with Crippen molar-refractivity contribution in [3.05, 3.63) is 23.6 Å². The predicted octanol–water partition coefficient (Wildman–Crippen LogP) is 1.09. The monoisotopic (exact) mass is 238 g/mol. The molecular formula is C9H10N4O2S. The number of thiazole rings is 1. The van der Waals surface area contributed by atoms with Crippen molar-refractivity contribution in [1.82, 2.24) is 14.5 Å². The molecule has 0 fully saturated rings. The quantitative estimate of drug-likeness (QED) is 0.809. The van der Waals surface area contributed by atoms with Crippen molar-refractivity contribution in [3.63, 3.8) is 0 Å². The number of aromatic nitrogens is 3. The van der Waals surface area contributed by atoms with E-state index in [0.29, 0.717) is 11.7 Å². The normalized spacial score (nSPS) is 10.3. The van der Waals surface area contributed by atoms with Gasteiger partial charge in [0.15, 0.2) is 10.8 Å². The third-order valence-electron chi connectivity index (χ3n) is 1.90. The van der Waals surface area contributed by atoms with Crippen molar-refractivity contribution >= 4 is 23.1 Å². The lowest BCUT2D eigenvalue weighted by molar-refractivity contribution is 0.0521. The van der Waals surface area contributed by atoms with E-state index >= 15 is 0 Å². The maximum atomic E-state index is 11.5. The second-order valence-corrected chi connectivity index (χ2v) is 3.76. The molecule has 2 N–H and O–H groups in total. The fourth-order valence-corrected chi connectivity index (χ4v) is 1.83. The number of hydrogen-bond donors (Lipinski definition) is 1. The Balaban J connectivity index is 2.35. The van der Waals surface area contributed by atoms with Crippen LogP contribution < -0.4 is 5.73 Å². The van der Waals surface area contributed by atoms with Gasteiger partial charge in [0.05, 0.1) is 6.61 Å². The summed E-state index contributed by atoms with van der Waals surface area (Å²) in [6.07, 6.45) is 3.11. The van der Waals surface area contributed by atoms with E-state index in [1.54, 1.807) is 17.7 Å². The number of ether oxygens (including phenoxy) is 1. The Labute approximate surface area is 95.7 Å². The minimum atomic E-state index is -0.518. The van der Waals surface area contributed by atoms with Crippen LogP contribution in [-0.4, -0.2) is 27.1 Å². The van der Waals surface area contributed by atoms with E-state index in [1.165, 1.54) is 17.7 Å². The highest BCUT2D eigenvalue weighted by molar-refractivity contribution is 7.12. The van der Waals surface area contributed by atoms with Gasteiger partial charge < -0.3 is 10.5 Å². The van der Waals surface area contributed by atoms with Gasteiger partial charge in [0.1, 0.15) is 12.1 Å². The van der Waals surface area contributed by atoms with Crippen LogP contribution in [0.1, 0.15) is 17.4 Å². The third kappa shape index (κ3) is 1.76. The highest BCUT2D eigenvalue weighted by Crippen LogP contribution is 2.19. The number of carbonyl (C=O) groups is 1. The first-order chi connectivity index (χ1) is 7.74. The number of imidazole rings is 1. The zero-order valence-corrected chi connectivity index (χ0v) is 9.40. The first-order valence-corrected chi connectivity index (χ1v) is 5.51. The van der Waals surface area contributed by atoms with Crippen LogP contribution in [-0.2, 0) is 4.74 Å². The molecule has 0 atom stereocenters. The van der Waals surface area contributed by atoms with E-state index in [0.717, 1.165) is 0 Å². The van der Waals surface area contributed by atoms with E-state index in [-0.39, 0.29) is 11.5 Å². The van der Waals surface area contributed by atoms with Gasteiger partial charge in [-0.25, -0.2) is 14.8 Å². The fourth-order valence-electron chi connectivity index (χ4n) is 1.20. The molecule has 0 aliphatic rings.